The van der Waals surface area contributed by atoms with Gasteiger partial charge in [-0.15, -0.1) is 0 Å². The summed E-state index contributed by atoms with van der Waals surface area (Å²) in [5.41, 5.74) is 0.731. The number of benzene rings is 1. The molecule has 0 heterocycles. The molecule has 136 valence electrons. The molecule has 0 saturated heterocycles. The Bertz CT molecular complexity index is 493. The normalized spacial score (nSPS) is 13.6. The zero-order chi connectivity index (χ0) is 18.2. The fourth-order valence-corrected chi connectivity index (χ4v) is 5.29. The fraction of sp³-hybridized carbons (Fsp3) is 0.588. The Kier molecular flexibility index (Phi) is 7.95. The van der Waals surface area contributed by atoms with Crippen molar-refractivity contribution >= 4 is 14.3 Å². The summed E-state index contributed by atoms with van der Waals surface area (Å²) in [7, 11) is -2.47. The number of rotatable bonds is 9. The molecule has 0 bridgehead atoms. The summed E-state index contributed by atoms with van der Waals surface area (Å²) < 4.78 is 50.3. The lowest BCUT2D eigenvalue weighted by atomic mass is 10.2. The van der Waals surface area contributed by atoms with Gasteiger partial charge in [0.2, 0.25) is 0 Å². The van der Waals surface area contributed by atoms with E-state index >= 15 is 0 Å². The number of hydrogen-bond donors (Lipinski definition) is 0. The van der Waals surface area contributed by atoms with E-state index in [9.17, 15) is 18.0 Å². The monoisotopic (exact) mass is 362 g/mol. The molecule has 24 heavy (non-hydrogen) atoms. The molecule has 0 N–H and O–H groups in total. The average Bonchev–Trinajstić information content (AvgIpc) is 2.57. The van der Waals surface area contributed by atoms with Crippen molar-refractivity contribution in [3.05, 3.63) is 35.9 Å². The van der Waals surface area contributed by atoms with Crippen LogP contribution in [0.25, 0.3) is 0 Å². The highest BCUT2D eigenvalue weighted by atomic mass is 28.4. The summed E-state index contributed by atoms with van der Waals surface area (Å²) in [4.78, 5) is 11.8. The largest absolute Gasteiger partial charge is 0.461 e. The van der Waals surface area contributed by atoms with Gasteiger partial charge in [0.1, 0.15) is 6.61 Å². The number of esters is 1. The van der Waals surface area contributed by atoms with Crippen molar-refractivity contribution < 1.29 is 27.1 Å². The van der Waals surface area contributed by atoms with Crippen LogP contribution in [0, 0.1) is 0 Å². The third-order valence-electron chi connectivity index (χ3n) is 4.29. The summed E-state index contributed by atoms with van der Waals surface area (Å²) in [6, 6.07) is 10.6. The van der Waals surface area contributed by atoms with E-state index in [1.807, 2.05) is 26.8 Å². The van der Waals surface area contributed by atoms with Gasteiger partial charge in [-0.25, -0.2) is 0 Å². The van der Waals surface area contributed by atoms with Crippen LogP contribution in [0.1, 0.15) is 32.8 Å². The van der Waals surface area contributed by atoms with Crippen molar-refractivity contribution in [2.45, 2.75) is 64.2 Å². The SMILES string of the molecule is CC[Si](CC)(CC)O[C@H](CC(=O)OCc1ccccc1)C(F)(F)F. The minimum Gasteiger partial charge on any atom is -0.461 e. The molecule has 0 saturated carbocycles. The second kappa shape index (κ2) is 9.22. The van der Waals surface area contributed by atoms with Gasteiger partial charge in [-0.1, -0.05) is 51.1 Å². The standard InChI is InChI=1S/C17H25F3O3Si/c1-4-24(5-2,6-3)23-15(17(18,19)20)12-16(21)22-13-14-10-8-7-9-11-14/h7-11,15H,4-6,12-13H2,1-3H3/t15-/m1/s1. The summed E-state index contributed by atoms with van der Waals surface area (Å²) >= 11 is 0. The third-order valence-corrected chi connectivity index (χ3v) is 8.94. The van der Waals surface area contributed by atoms with Crippen molar-refractivity contribution in [1.29, 1.82) is 0 Å². The van der Waals surface area contributed by atoms with Crippen molar-refractivity contribution in [2.75, 3.05) is 0 Å². The van der Waals surface area contributed by atoms with Crippen LogP contribution in [0.2, 0.25) is 18.1 Å². The lowest BCUT2D eigenvalue weighted by Gasteiger charge is -2.33. The van der Waals surface area contributed by atoms with Crippen molar-refractivity contribution in [1.82, 2.24) is 0 Å². The van der Waals surface area contributed by atoms with Gasteiger partial charge < -0.3 is 9.16 Å². The molecule has 0 fully saturated rings. The molecule has 0 aromatic heterocycles. The Morgan fingerprint density at radius 3 is 2.08 bits per heavy atom. The van der Waals surface area contributed by atoms with Gasteiger partial charge in [0.15, 0.2) is 14.4 Å². The van der Waals surface area contributed by atoms with Crippen molar-refractivity contribution in [3.63, 3.8) is 0 Å². The number of carbonyl (C=O) groups excluding carboxylic acids is 1. The van der Waals surface area contributed by atoms with Crippen LogP contribution in [0.5, 0.6) is 0 Å². The first-order valence-electron chi connectivity index (χ1n) is 8.20. The van der Waals surface area contributed by atoms with E-state index in [-0.39, 0.29) is 6.61 Å². The Labute approximate surface area is 142 Å². The second-order valence-corrected chi connectivity index (χ2v) is 10.5. The third kappa shape index (κ3) is 6.28. The number of carbonyl (C=O) groups is 1. The predicted molar refractivity (Wildman–Crippen MR) is 89.0 cm³/mol. The molecule has 1 atom stereocenters. The highest BCUT2D eigenvalue weighted by molar-refractivity contribution is 6.73. The van der Waals surface area contributed by atoms with Crippen LogP contribution in [0.15, 0.2) is 30.3 Å². The number of hydrogen-bond acceptors (Lipinski definition) is 3. The number of halogens is 3. The van der Waals surface area contributed by atoms with Crippen molar-refractivity contribution in [3.8, 4) is 0 Å². The van der Waals surface area contributed by atoms with E-state index in [0.29, 0.717) is 18.1 Å². The molecule has 0 unspecified atom stereocenters. The molecular weight excluding hydrogens is 337 g/mol. The van der Waals surface area contributed by atoms with Crippen LogP contribution in [0.4, 0.5) is 13.2 Å². The quantitative estimate of drug-likeness (QED) is 0.454. The average molecular weight is 362 g/mol. The van der Waals surface area contributed by atoms with Gasteiger partial charge in [-0.05, 0) is 23.7 Å². The summed E-state index contributed by atoms with van der Waals surface area (Å²) in [6.07, 6.45) is -7.47. The first-order valence-corrected chi connectivity index (χ1v) is 10.7. The number of ether oxygens (including phenoxy) is 1. The van der Waals surface area contributed by atoms with Gasteiger partial charge >= 0.3 is 12.1 Å². The fourth-order valence-electron chi connectivity index (χ4n) is 2.47. The second-order valence-electron chi connectivity index (χ2n) is 5.74. The topological polar surface area (TPSA) is 35.5 Å². The molecule has 0 spiro atoms. The lowest BCUT2D eigenvalue weighted by Crippen LogP contribution is -2.46. The molecule has 0 aliphatic carbocycles. The maximum absolute atomic E-state index is 13.3. The van der Waals surface area contributed by atoms with Crippen LogP contribution in [-0.4, -0.2) is 26.6 Å². The zero-order valence-corrected chi connectivity index (χ0v) is 15.4. The highest BCUT2D eigenvalue weighted by Gasteiger charge is 2.46. The summed E-state index contributed by atoms with van der Waals surface area (Å²) in [5, 5.41) is 0. The van der Waals surface area contributed by atoms with E-state index in [4.69, 9.17) is 9.16 Å². The maximum atomic E-state index is 13.3. The molecule has 0 amide bonds. The van der Waals surface area contributed by atoms with Gasteiger partial charge in [-0.2, -0.15) is 13.2 Å². The molecule has 1 aromatic rings. The molecule has 0 aliphatic heterocycles. The minimum absolute atomic E-state index is 0.0395. The van der Waals surface area contributed by atoms with E-state index < -0.39 is 33.0 Å². The Morgan fingerprint density at radius 1 is 1.08 bits per heavy atom. The van der Waals surface area contributed by atoms with Gasteiger partial charge in [0, 0.05) is 0 Å². The summed E-state index contributed by atoms with van der Waals surface area (Å²) in [6.45, 7) is 5.50. The van der Waals surface area contributed by atoms with Gasteiger partial charge in [-0.3, -0.25) is 4.79 Å². The van der Waals surface area contributed by atoms with Crippen LogP contribution in [0.3, 0.4) is 0 Å². The van der Waals surface area contributed by atoms with E-state index in [0.717, 1.165) is 5.56 Å². The Balaban J connectivity index is 2.70. The molecule has 1 aromatic carbocycles. The van der Waals surface area contributed by atoms with E-state index in [1.54, 1.807) is 24.3 Å². The Morgan fingerprint density at radius 2 is 1.62 bits per heavy atom. The molecule has 1 rings (SSSR count). The Hall–Kier alpha value is -1.34. The predicted octanol–water partition coefficient (Wildman–Crippen LogP) is 5.07. The minimum atomic E-state index is -4.58. The smallest absolute Gasteiger partial charge is 0.413 e. The van der Waals surface area contributed by atoms with Crippen molar-refractivity contribution in [2.24, 2.45) is 0 Å². The zero-order valence-electron chi connectivity index (χ0n) is 14.4. The molecule has 7 heteroatoms. The highest BCUT2D eigenvalue weighted by Crippen LogP contribution is 2.32. The number of alkyl halides is 3. The van der Waals surface area contributed by atoms with E-state index in [2.05, 4.69) is 0 Å². The van der Waals surface area contributed by atoms with Crippen LogP contribution in [-0.2, 0) is 20.6 Å². The molecule has 0 radical (unpaired) electrons. The first-order chi connectivity index (χ1) is 11.3. The van der Waals surface area contributed by atoms with Crippen LogP contribution >= 0.6 is 0 Å². The lowest BCUT2D eigenvalue weighted by molar-refractivity contribution is -0.204. The van der Waals surface area contributed by atoms with E-state index in [1.165, 1.54) is 0 Å². The molecule has 3 nitrogen and oxygen atoms in total. The van der Waals surface area contributed by atoms with Gasteiger partial charge in [0.25, 0.3) is 0 Å². The maximum Gasteiger partial charge on any atom is 0.413 e. The first kappa shape index (κ1) is 20.7. The summed E-state index contributed by atoms with van der Waals surface area (Å²) in [5.74, 6) is -0.896. The molecule has 0 aliphatic rings. The van der Waals surface area contributed by atoms with Gasteiger partial charge in [0.05, 0.1) is 6.42 Å². The molecular formula is C17H25F3O3Si. The van der Waals surface area contributed by atoms with Crippen LogP contribution < -0.4 is 0 Å².